The molecule has 5 nitrogen and oxygen atoms in total. The van der Waals surface area contributed by atoms with Crippen molar-refractivity contribution in [1.29, 1.82) is 0 Å². The molecule has 1 aromatic heterocycles. The summed E-state index contributed by atoms with van der Waals surface area (Å²) in [6.45, 7) is 9.15. The molecule has 2 heterocycles. The van der Waals surface area contributed by atoms with E-state index in [1.807, 2.05) is 12.3 Å². The summed E-state index contributed by atoms with van der Waals surface area (Å²) in [5.41, 5.74) is 1.14. The Morgan fingerprint density at radius 3 is 2.90 bits per heavy atom. The van der Waals surface area contributed by atoms with Crippen molar-refractivity contribution in [2.45, 2.75) is 19.8 Å². The van der Waals surface area contributed by atoms with Crippen molar-refractivity contribution in [3.05, 3.63) is 18.3 Å². The zero-order chi connectivity index (χ0) is 14.0. The zero-order valence-electron chi connectivity index (χ0n) is 12.4. The number of anilines is 2. The van der Waals surface area contributed by atoms with Gasteiger partial charge in [-0.2, -0.15) is 0 Å². The Balaban J connectivity index is 1.65. The van der Waals surface area contributed by atoms with Crippen LogP contribution in [-0.2, 0) is 4.74 Å². The van der Waals surface area contributed by atoms with Gasteiger partial charge in [-0.05, 0) is 25.5 Å². The average molecular weight is 278 g/mol. The lowest BCUT2D eigenvalue weighted by molar-refractivity contribution is 0.0378. The molecule has 1 saturated heterocycles. The Kier molecular flexibility index (Phi) is 6.60. The molecule has 1 aliphatic rings. The van der Waals surface area contributed by atoms with Crippen LogP contribution < -0.4 is 10.6 Å². The molecule has 2 N–H and O–H groups in total. The summed E-state index contributed by atoms with van der Waals surface area (Å²) in [6, 6.07) is 4.09. The van der Waals surface area contributed by atoms with Crippen LogP contribution in [0.1, 0.15) is 19.8 Å². The highest BCUT2D eigenvalue weighted by Crippen LogP contribution is 2.11. The van der Waals surface area contributed by atoms with E-state index in [0.29, 0.717) is 0 Å². The molecule has 0 saturated carbocycles. The first kappa shape index (κ1) is 15.1. The second-order valence-electron chi connectivity index (χ2n) is 5.09. The van der Waals surface area contributed by atoms with Crippen molar-refractivity contribution < 1.29 is 4.74 Å². The third-order valence-corrected chi connectivity index (χ3v) is 3.40. The summed E-state index contributed by atoms with van der Waals surface area (Å²) in [7, 11) is 0. The Bertz CT molecular complexity index is 380. The van der Waals surface area contributed by atoms with Gasteiger partial charge in [0.05, 0.1) is 13.2 Å². The van der Waals surface area contributed by atoms with Crippen molar-refractivity contribution in [3.63, 3.8) is 0 Å². The zero-order valence-corrected chi connectivity index (χ0v) is 12.4. The van der Waals surface area contributed by atoms with E-state index >= 15 is 0 Å². The molecule has 0 spiro atoms. The fraction of sp³-hybridized carbons (Fsp3) is 0.667. The lowest BCUT2D eigenvalue weighted by Crippen LogP contribution is -2.37. The van der Waals surface area contributed by atoms with E-state index in [-0.39, 0.29) is 0 Å². The Morgan fingerprint density at radius 1 is 1.25 bits per heavy atom. The molecule has 0 unspecified atom stereocenters. The van der Waals surface area contributed by atoms with Gasteiger partial charge >= 0.3 is 0 Å². The number of nitrogens with zero attached hydrogens (tertiary/aromatic N) is 2. The van der Waals surface area contributed by atoms with Crippen molar-refractivity contribution in [2.75, 3.05) is 56.6 Å². The Hall–Kier alpha value is -1.33. The number of hydrogen-bond acceptors (Lipinski definition) is 5. The number of rotatable bonds is 8. The second kappa shape index (κ2) is 8.76. The largest absolute Gasteiger partial charge is 0.385 e. The molecule has 0 amide bonds. The van der Waals surface area contributed by atoms with Crippen LogP contribution in [-0.4, -0.2) is 55.8 Å². The van der Waals surface area contributed by atoms with Crippen molar-refractivity contribution >= 4 is 11.5 Å². The summed E-state index contributed by atoms with van der Waals surface area (Å²) >= 11 is 0. The lowest BCUT2D eigenvalue weighted by Gasteiger charge is -2.26. The van der Waals surface area contributed by atoms with Crippen LogP contribution in [0.5, 0.6) is 0 Å². The molecule has 0 aliphatic carbocycles. The quantitative estimate of drug-likeness (QED) is 0.713. The van der Waals surface area contributed by atoms with E-state index in [2.05, 4.69) is 33.5 Å². The molecular weight excluding hydrogens is 252 g/mol. The molecule has 0 radical (unpaired) electrons. The van der Waals surface area contributed by atoms with Gasteiger partial charge in [-0.3, -0.25) is 4.90 Å². The number of ether oxygens (including phenoxy) is 1. The highest BCUT2D eigenvalue weighted by atomic mass is 16.5. The van der Waals surface area contributed by atoms with E-state index in [1.165, 1.54) is 0 Å². The highest BCUT2D eigenvalue weighted by Gasteiger charge is 2.08. The molecule has 5 heteroatoms. The molecule has 0 aromatic carbocycles. The Labute approximate surface area is 121 Å². The molecule has 1 aromatic rings. The maximum absolute atomic E-state index is 5.35. The summed E-state index contributed by atoms with van der Waals surface area (Å²) < 4.78 is 5.35. The first-order valence-electron chi connectivity index (χ1n) is 7.62. The first-order valence-corrected chi connectivity index (χ1v) is 7.62. The van der Waals surface area contributed by atoms with Crippen LogP contribution in [0.15, 0.2) is 18.3 Å². The van der Waals surface area contributed by atoms with Crippen LogP contribution in [0.2, 0.25) is 0 Å². The third-order valence-electron chi connectivity index (χ3n) is 3.40. The predicted octanol–water partition coefficient (Wildman–Crippen LogP) is 2.04. The smallest absolute Gasteiger partial charge is 0.127 e. The number of pyridine rings is 1. The SMILES string of the molecule is CCCNc1cc(NCCCN2CCOCC2)ccn1. The van der Waals surface area contributed by atoms with Gasteiger partial charge in [0, 0.05) is 44.1 Å². The topological polar surface area (TPSA) is 49.4 Å². The third kappa shape index (κ3) is 5.35. The maximum atomic E-state index is 5.35. The highest BCUT2D eigenvalue weighted by molar-refractivity contribution is 5.51. The van der Waals surface area contributed by atoms with Gasteiger partial charge in [-0.1, -0.05) is 6.92 Å². The van der Waals surface area contributed by atoms with Gasteiger partial charge < -0.3 is 15.4 Å². The van der Waals surface area contributed by atoms with Gasteiger partial charge in [0.15, 0.2) is 0 Å². The molecule has 0 atom stereocenters. The minimum atomic E-state index is 0.879. The fourth-order valence-corrected chi connectivity index (χ4v) is 2.25. The minimum absolute atomic E-state index is 0.879. The van der Waals surface area contributed by atoms with Gasteiger partial charge in [-0.25, -0.2) is 4.98 Å². The summed E-state index contributed by atoms with van der Waals surface area (Å²) in [6.07, 6.45) is 4.11. The lowest BCUT2D eigenvalue weighted by atomic mass is 10.3. The van der Waals surface area contributed by atoms with Crippen LogP contribution in [0, 0.1) is 0 Å². The van der Waals surface area contributed by atoms with Gasteiger partial charge in [0.25, 0.3) is 0 Å². The summed E-state index contributed by atoms with van der Waals surface area (Å²) in [5.74, 6) is 0.949. The number of morpholine rings is 1. The average Bonchev–Trinajstić information content (AvgIpc) is 2.51. The van der Waals surface area contributed by atoms with Crippen LogP contribution in [0.3, 0.4) is 0 Å². The van der Waals surface area contributed by atoms with Gasteiger partial charge in [0.2, 0.25) is 0 Å². The maximum Gasteiger partial charge on any atom is 0.127 e. The molecule has 112 valence electrons. The Morgan fingerprint density at radius 2 is 2.10 bits per heavy atom. The first-order chi connectivity index (χ1) is 9.88. The van der Waals surface area contributed by atoms with Crippen LogP contribution in [0.25, 0.3) is 0 Å². The van der Waals surface area contributed by atoms with Crippen LogP contribution in [0.4, 0.5) is 11.5 Å². The van der Waals surface area contributed by atoms with Gasteiger partial charge in [0.1, 0.15) is 5.82 Å². The van der Waals surface area contributed by atoms with E-state index in [1.54, 1.807) is 0 Å². The summed E-state index contributed by atoms with van der Waals surface area (Å²) in [4.78, 5) is 6.77. The van der Waals surface area contributed by atoms with Crippen molar-refractivity contribution in [1.82, 2.24) is 9.88 Å². The second-order valence-corrected chi connectivity index (χ2v) is 5.09. The number of hydrogen-bond donors (Lipinski definition) is 2. The molecule has 1 fully saturated rings. The number of nitrogens with one attached hydrogen (secondary N) is 2. The van der Waals surface area contributed by atoms with Crippen molar-refractivity contribution in [3.8, 4) is 0 Å². The normalized spacial score (nSPS) is 16.1. The van der Waals surface area contributed by atoms with E-state index < -0.39 is 0 Å². The van der Waals surface area contributed by atoms with E-state index in [4.69, 9.17) is 4.74 Å². The van der Waals surface area contributed by atoms with Crippen LogP contribution >= 0.6 is 0 Å². The molecule has 0 bridgehead atoms. The minimum Gasteiger partial charge on any atom is -0.385 e. The fourth-order valence-electron chi connectivity index (χ4n) is 2.25. The molecule has 2 rings (SSSR count). The predicted molar refractivity (Wildman–Crippen MR) is 83.4 cm³/mol. The standard InChI is InChI=1S/C15H26N4O/c1-2-5-17-15-13-14(4-7-18-15)16-6-3-8-19-9-11-20-12-10-19/h4,7,13H,2-3,5-6,8-12H2,1H3,(H2,16,17,18). The summed E-state index contributed by atoms with van der Waals surface area (Å²) in [5, 5.41) is 6.77. The van der Waals surface area contributed by atoms with Crippen molar-refractivity contribution in [2.24, 2.45) is 0 Å². The molecular formula is C15H26N4O. The van der Waals surface area contributed by atoms with E-state index in [0.717, 1.165) is 70.3 Å². The molecule has 1 aliphatic heterocycles. The molecule has 20 heavy (non-hydrogen) atoms. The number of aromatic nitrogens is 1. The van der Waals surface area contributed by atoms with E-state index in [9.17, 15) is 0 Å². The monoisotopic (exact) mass is 278 g/mol. The van der Waals surface area contributed by atoms with Gasteiger partial charge in [-0.15, -0.1) is 0 Å².